The Morgan fingerprint density at radius 3 is 2.02 bits per heavy atom. The molecule has 1 saturated heterocycles. The van der Waals surface area contributed by atoms with E-state index in [9.17, 15) is 22.8 Å². The lowest BCUT2D eigenvalue weighted by molar-refractivity contribution is -0.145. The first kappa shape index (κ1) is 41.1. The number of carbonyl (C=O) groups is 2. The number of amides is 2. The summed E-state index contributed by atoms with van der Waals surface area (Å²) >= 11 is 0. The smallest absolute Gasteiger partial charge is 0.341 e. The summed E-state index contributed by atoms with van der Waals surface area (Å²) in [4.78, 5) is 37.2. The van der Waals surface area contributed by atoms with E-state index in [-0.39, 0.29) is 17.9 Å². The highest BCUT2D eigenvalue weighted by atomic mass is 19.4. The third kappa shape index (κ3) is 11.5. The number of rotatable bonds is 13. The molecule has 2 heterocycles. The number of benzene rings is 4. The quantitative estimate of drug-likeness (QED) is 0.112. The van der Waals surface area contributed by atoms with Crippen LogP contribution >= 0.6 is 0 Å². The van der Waals surface area contributed by atoms with Gasteiger partial charge in [0.2, 0.25) is 11.8 Å². The van der Waals surface area contributed by atoms with Crippen molar-refractivity contribution in [2.75, 3.05) is 13.1 Å². The van der Waals surface area contributed by atoms with Crippen molar-refractivity contribution < 1.29 is 22.8 Å². The molecule has 0 aliphatic carbocycles. The van der Waals surface area contributed by atoms with Gasteiger partial charge in [0.1, 0.15) is 6.04 Å². The highest BCUT2D eigenvalue weighted by molar-refractivity contribution is 5.95. The summed E-state index contributed by atoms with van der Waals surface area (Å²) < 4.78 is 39.8. The second-order valence-corrected chi connectivity index (χ2v) is 16.1. The molecular formula is C49H52F3N3O2. The second kappa shape index (κ2) is 18.6. The lowest BCUT2D eigenvalue weighted by Gasteiger charge is -2.38. The van der Waals surface area contributed by atoms with Crippen LogP contribution < -0.4 is 0 Å². The van der Waals surface area contributed by atoms with Crippen molar-refractivity contribution in [1.82, 2.24) is 14.8 Å². The van der Waals surface area contributed by atoms with E-state index in [2.05, 4.69) is 62.2 Å². The number of aromatic nitrogens is 1. The second-order valence-electron chi connectivity index (χ2n) is 16.1. The number of halogens is 3. The molecule has 8 heteroatoms. The summed E-state index contributed by atoms with van der Waals surface area (Å²) in [6.45, 7) is 7.87. The molecule has 0 spiro atoms. The minimum Gasteiger partial charge on any atom is -0.341 e. The fourth-order valence-electron chi connectivity index (χ4n) is 7.49. The standard InChI is InChI=1S/C49H52F3N3O2/c1-48(2,3)42-24-19-39(20-25-42)34-45(47(57)54-32-29-37(30-33-54)13-9-12-36-10-5-4-6-11-36)55(35-40-15-22-41(23-16-40)44-14-7-8-31-53-44)46(56)28-21-38-17-26-43(27-18-38)49(50,51)52/h4-8,10-11,14-28,31,37,45H,9,12-13,29-30,32-35H2,1-3H3/b28-21+/t45-/m0/s1. The molecule has 0 radical (unpaired) electrons. The van der Waals surface area contributed by atoms with Crippen LogP contribution in [-0.2, 0) is 40.6 Å². The molecule has 1 atom stereocenters. The molecule has 1 aliphatic rings. The van der Waals surface area contributed by atoms with Crippen LogP contribution in [0.1, 0.15) is 79.8 Å². The fraction of sp³-hybridized carbons (Fsp3) is 0.327. The Bertz CT molecular complexity index is 2070. The van der Waals surface area contributed by atoms with Crippen LogP contribution in [0.15, 0.2) is 134 Å². The molecule has 0 bridgehead atoms. The minimum atomic E-state index is -4.46. The molecule has 0 unspecified atom stereocenters. The molecule has 1 aromatic heterocycles. The molecule has 1 aliphatic heterocycles. The van der Waals surface area contributed by atoms with Gasteiger partial charge >= 0.3 is 6.18 Å². The Kier molecular flexibility index (Phi) is 13.4. The average molecular weight is 772 g/mol. The van der Waals surface area contributed by atoms with Crippen molar-refractivity contribution in [3.05, 3.63) is 167 Å². The van der Waals surface area contributed by atoms with Crippen molar-refractivity contribution in [2.45, 2.75) is 83.5 Å². The Morgan fingerprint density at radius 2 is 1.40 bits per heavy atom. The van der Waals surface area contributed by atoms with Crippen LogP contribution in [-0.4, -0.2) is 45.7 Å². The predicted molar refractivity (Wildman–Crippen MR) is 222 cm³/mol. The highest BCUT2D eigenvalue weighted by Gasteiger charge is 2.35. The normalized spacial score (nSPS) is 14.5. The van der Waals surface area contributed by atoms with Crippen LogP contribution in [0.25, 0.3) is 17.3 Å². The molecule has 0 saturated carbocycles. The van der Waals surface area contributed by atoms with Gasteiger partial charge in [-0.1, -0.05) is 118 Å². The number of carbonyl (C=O) groups excluding carboxylic acids is 2. The van der Waals surface area contributed by atoms with Gasteiger partial charge in [0.25, 0.3) is 0 Å². The lowest BCUT2D eigenvalue weighted by atomic mass is 9.86. The van der Waals surface area contributed by atoms with E-state index >= 15 is 0 Å². The average Bonchev–Trinajstić information content (AvgIpc) is 3.22. The number of aryl methyl sites for hydroxylation is 1. The largest absolute Gasteiger partial charge is 0.416 e. The van der Waals surface area contributed by atoms with Crippen LogP contribution in [0.3, 0.4) is 0 Å². The molecule has 5 aromatic rings. The number of pyridine rings is 1. The fourth-order valence-corrected chi connectivity index (χ4v) is 7.49. The first-order chi connectivity index (χ1) is 27.3. The third-order valence-electron chi connectivity index (χ3n) is 11.0. The summed E-state index contributed by atoms with van der Waals surface area (Å²) in [6, 6.07) is 36.2. The van der Waals surface area contributed by atoms with Crippen LogP contribution in [0.4, 0.5) is 13.2 Å². The van der Waals surface area contributed by atoms with Gasteiger partial charge in [0.15, 0.2) is 0 Å². The zero-order chi connectivity index (χ0) is 40.4. The molecule has 5 nitrogen and oxygen atoms in total. The molecular weight excluding hydrogens is 720 g/mol. The van der Waals surface area contributed by atoms with Crippen LogP contribution in [0.5, 0.6) is 0 Å². The number of piperidine rings is 1. The van der Waals surface area contributed by atoms with Gasteiger partial charge in [-0.05, 0) is 102 Å². The Labute approximate surface area is 335 Å². The van der Waals surface area contributed by atoms with E-state index in [0.717, 1.165) is 66.6 Å². The van der Waals surface area contributed by atoms with Gasteiger partial charge in [-0.2, -0.15) is 13.2 Å². The molecule has 1 fully saturated rings. The van der Waals surface area contributed by atoms with E-state index in [4.69, 9.17) is 0 Å². The van der Waals surface area contributed by atoms with Gasteiger partial charge < -0.3 is 9.80 Å². The molecule has 0 N–H and O–H groups in total. The maximum atomic E-state index is 14.8. The van der Waals surface area contributed by atoms with Crippen molar-refractivity contribution >= 4 is 17.9 Å². The third-order valence-corrected chi connectivity index (χ3v) is 11.0. The summed E-state index contributed by atoms with van der Waals surface area (Å²) in [7, 11) is 0. The number of nitrogens with zero attached hydrogens (tertiary/aromatic N) is 3. The van der Waals surface area contributed by atoms with Gasteiger partial charge in [0, 0.05) is 43.9 Å². The lowest BCUT2D eigenvalue weighted by Crippen LogP contribution is -2.53. The topological polar surface area (TPSA) is 53.5 Å². The first-order valence-corrected chi connectivity index (χ1v) is 19.9. The summed E-state index contributed by atoms with van der Waals surface area (Å²) in [5.74, 6) is 0.0337. The number of hydrogen-bond acceptors (Lipinski definition) is 3. The monoisotopic (exact) mass is 771 g/mol. The Balaban J connectivity index is 1.27. The molecule has 296 valence electrons. The molecule has 57 heavy (non-hydrogen) atoms. The van der Waals surface area contributed by atoms with Crippen LogP contribution in [0.2, 0.25) is 0 Å². The van der Waals surface area contributed by atoms with Gasteiger partial charge in [-0.25, -0.2) is 0 Å². The predicted octanol–water partition coefficient (Wildman–Crippen LogP) is 11.0. The molecule has 6 rings (SSSR count). The summed E-state index contributed by atoms with van der Waals surface area (Å²) in [5.41, 5.74) is 5.68. The zero-order valence-electron chi connectivity index (χ0n) is 33.1. The highest BCUT2D eigenvalue weighted by Crippen LogP contribution is 2.30. The van der Waals surface area contributed by atoms with E-state index in [1.54, 1.807) is 11.1 Å². The molecule has 2 amide bonds. The van der Waals surface area contributed by atoms with E-state index in [1.165, 1.54) is 35.4 Å². The van der Waals surface area contributed by atoms with Gasteiger partial charge in [-0.3, -0.25) is 14.6 Å². The Morgan fingerprint density at radius 1 is 0.772 bits per heavy atom. The van der Waals surface area contributed by atoms with Gasteiger partial charge in [0.05, 0.1) is 11.3 Å². The van der Waals surface area contributed by atoms with E-state index in [1.807, 2.05) is 65.6 Å². The van der Waals surface area contributed by atoms with Crippen molar-refractivity contribution in [2.24, 2.45) is 5.92 Å². The van der Waals surface area contributed by atoms with E-state index < -0.39 is 23.7 Å². The van der Waals surface area contributed by atoms with Gasteiger partial charge in [-0.15, -0.1) is 0 Å². The maximum absolute atomic E-state index is 14.8. The summed E-state index contributed by atoms with van der Waals surface area (Å²) in [6.07, 6.45) is 5.53. The van der Waals surface area contributed by atoms with Crippen molar-refractivity contribution in [3.8, 4) is 11.3 Å². The first-order valence-electron chi connectivity index (χ1n) is 19.9. The Hall–Kier alpha value is -5.50. The van der Waals surface area contributed by atoms with Crippen LogP contribution in [0, 0.1) is 5.92 Å². The number of likely N-dealkylation sites (tertiary alicyclic amines) is 1. The molecule has 4 aromatic carbocycles. The number of hydrogen-bond donors (Lipinski definition) is 0. The van der Waals surface area contributed by atoms with E-state index in [0.29, 0.717) is 31.0 Å². The summed E-state index contributed by atoms with van der Waals surface area (Å²) in [5, 5.41) is 0. The SMILES string of the molecule is CC(C)(C)c1ccc(C[C@@H](C(=O)N2CCC(CCCc3ccccc3)CC2)N(Cc2ccc(-c3ccccn3)cc2)C(=O)/C=C/c2ccc(C(F)(F)F)cc2)cc1. The van der Waals surface area contributed by atoms with Crippen molar-refractivity contribution in [1.29, 1.82) is 0 Å². The zero-order valence-corrected chi connectivity index (χ0v) is 33.1. The maximum Gasteiger partial charge on any atom is 0.416 e. The number of alkyl halides is 3. The minimum absolute atomic E-state index is 0.0499. The van der Waals surface area contributed by atoms with Crippen molar-refractivity contribution in [3.63, 3.8) is 0 Å².